The van der Waals surface area contributed by atoms with E-state index in [0.29, 0.717) is 30.1 Å². The Kier molecular flexibility index (Phi) is 5.58. The molecule has 0 radical (unpaired) electrons. The van der Waals surface area contributed by atoms with E-state index in [-0.39, 0.29) is 5.91 Å². The van der Waals surface area contributed by atoms with Crippen LogP contribution in [0.2, 0.25) is 5.02 Å². The molecule has 1 amide bonds. The molecule has 2 heterocycles. The fraction of sp³-hybridized carbons (Fsp3) is 0.174. The van der Waals surface area contributed by atoms with Crippen molar-refractivity contribution >= 4 is 28.4 Å². The molecule has 0 fully saturated rings. The van der Waals surface area contributed by atoms with Crippen molar-refractivity contribution in [2.45, 2.75) is 19.9 Å². The van der Waals surface area contributed by atoms with Crippen LogP contribution in [0.4, 0.5) is 0 Å². The number of hydrogen-bond acceptors (Lipinski definition) is 3. The van der Waals surface area contributed by atoms with Gasteiger partial charge in [0, 0.05) is 54.0 Å². The molecule has 0 spiro atoms. The second-order valence-corrected chi connectivity index (χ2v) is 7.43. The molecule has 0 aliphatic heterocycles. The minimum Gasteiger partial charge on any atom is -0.352 e. The first kappa shape index (κ1) is 19.2. The Labute approximate surface area is 174 Å². The topological polar surface area (TPSA) is 59.8 Å². The monoisotopic (exact) mass is 404 g/mol. The zero-order valence-corrected chi connectivity index (χ0v) is 16.9. The molecule has 1 N–H and O–H groups in total. The standard InChI is InChI=1S/C23H21ClN4O/c1-16-12-26-22(27-13-16)10-11-25-23(29)20-15-28(21-5-3-2-4-19(20)21)14-17-6-8-18(24)9-7-17/h2-9,12-13,15H,10-11,14H2,1H3,(H,25,29). The Bertz CT molecular complexity index is 1130. The lowest BCUT2D eigenvalue weighted by Crippen LogP contribution is -2.26. The SMILES string of the molecule is Cc1cnc(CCNC(=O)c2cn(Cc3ccc(Cl)cc3)c3ccccc23)nc1. The van der Waals surface area contributed by atoms with Crippen molar-refractivity contribution in [3.8, 4) is 0 Å². The average molecular weight is 405 g/mol. The normalized spacial score (nSPS) is 11.0. The largest absolute Gasteiger partial charge is 0.352 e. The molecule has 2 aromatic carbocycles. The molecule has 0 saturated heterocycles. The number of rotatable bonds is 6. The number of nitrogens with zero attached hydrogens (tertiary/aromatic N) is 3. The number of carbonyl (C=O) groups is 1. The van der Waals surface area contributed by atoms with Crippen molar-refractivity contribution in [3.05, 3.63) is 94.7 Å². The summed E-state index contributed by atoms with van der Waals surface area (Å²) < 4.78 is 2.09. The van der Waals surface area contributed by atoms with Crippen LogP contribution in [-0.4, -0.2) is 27.0 Å². The first-order valence-electron chi connectivity index (χ1n) is 9.48. The number of carbonyl (C=O) groups excluding carboxylic acids is 1. The zero-order valence-electron chi connectivity index (χ0n) is 16.1. The Balaban J connectivity index is 1.51. The smallest absolute Gasteiger partial charge is 0.253 e. The van der Waals surface area contributed by atoms with Crippen LogP contribution in [0.5, 0.6) is 0 Å². The van der Waals surface area contributed by atoms with Gasteiger partial charge in [-0.05, 0) is 36.2 Å². The highest BCUT2D eigenvalue weighted by molar-refractivity contribution is 6.30. The maximum atomic E-state index is 12.8. The maximum absolute atomic E-state index is 12.8. The van der Waals surface area contributed by atoms with E-state index in [0.717, 1.165) is 27.9 Å². The Hall–Kier alpha value is -3.18. The van der Waals surface area contributed by atoms with Crippen molar-refractivity contribution in [3.63, 3.8) is 0 Å². The molecule has 0 aliphatic rings. The van der Waals surface area contributed by atoms with Gasteiger partial charge in [-0.15, -0.1) is 0 Å². The average Bonchev–Trinajstić information content (AvgIpc) is 3.10. The highest BCUT2D eigenvalue weighted by atomic mass is 35.5. The third-order valence-electron chi connectivity index (χ3n) is 4.77. The first-order chi connectivity index (χ1) is 14.1. The van der Waals surface area contributed by atoms with Crippen LogP contribution in [0.3, 0.4) is 0 Å². The third kappa shape index (κ3) is 4.46. The number of aromatic nitrogens is 3. The lowest BCUT2D eigenvalue weighted by molar-refractivity contribution is 0.0955. The predicted octanol–water partition coefficient (Wildman–Crippen LogP) is 4.41. The number of benzene rings is 2. The van der Waals surface area contributed by atoms with Crippen LogP contribution in [-0.2, 0) is 13.0 Å². The molecule has 0 atom stereocenters. The van der Waals surface area contributed by atoms with Gasteiger partial charge in [0.2, 0.25) is 0 Å². The lowest BCUT2D eigenvalue weighted by Gasteiger charge is -2.05. The Morgan fingerprint density at radius 3 is 2.55 bits per heavy atom. The second-order valence-electron chi connectivity index (χ2n) is 7.00. The van der Waals surface area contributed by atoms with Crippen molar-refractivity contribution < 1.29 is 4.79 Å². The predicted molar refractivity (Wildman–Crippen MR) is 115 cm³/mol. The van der Waals surface area contributed by atoms with E-state index in [1.807, 2.05) is 61.7 Å². The molecule has 2 aromatic heterocycles. The summed E-state index contributed by atoms with van der Waals surface area (Å²) in [6, 6.07) is 15.7. The summed E-state index contributed by atoms with van der Waals surface area (Å²) in [7, 11) is 0. The summed E-state index contributed by atoms with van der Waals surface area (Å²) in [4.78, 5) is 21.4. The minimum absolute atomic E-state index is 0.0943. The number of aryl methyl sites for hydroxylation is 1. The number of nitrogens with one attached hydrogen (secondary N) is 1. The molecule has 4 aromatic rings. The first-order valence-corrected chi connectivity index (χ1v) is 9.86. The summed E-state index contributed by atoms with van der Waals surface area (Å²) >= 11 is 5.99. The van der Waals surface area contributed by atoms with Crippen LogP contribution in [0.25, 0.3) is 10.9 Å². The highest BCUT2D eigenvalue weighted by Gasteiger charge is 2.15. The summed E-state index contributed by atoms with van der Waals surface area (Å²) in [6.07, 6.45) is 6.08. The number of fused-ring (bicyclic) bond motifs is 1. The van der Waals surface area contributed by atoms with Crippen LogP contribution >= 0.6 is 11.6 Å². The van der Waals surface area contributed by atoms with Crippen LogP contribution in [0, 0.1) is 6.92 Å². The van der Waals surface area contributed by atoms with Gasteiger partial charge in [0.25, 0.3) is 5.91 Å². The van der Waals surface area contributed by atoms with Gasteiger partial charge in [-0.3, -0.25) is 4.79 Å². The second kappa shape index (κ2) is 8.45. The Morgan fingerprint density at radius 2 is 1.79 bits per heavy atom. The molecular formula is C23H21ClN4O. The molecule has 146 valence electrons. The van der Waals surface area contributed by atoms with Gasteiger partial charge >= 0.3 is 0 Å². The molecule has 0 unspecified atom stereocenters. The molecule has 0 aliphatic carbocycles. The van der Waals surface area contributed by atoms with E-state index >= 15 is 0 Å². The van der Waals surface area contributed by atoms with E-state index in [9.17, 15) is 4.79 Å². The van der Waals surface area contributed by atoms with Crippen LogP contribution in [0.1, 0.15) is 27.3 Å². The van der Waals surface area contributed by atoms with Crippen molar-refractivity contribution in [1.82, 2.24) is 19.9 Å². The van der Waals surface area contributed by atoms with E-state index in [1.165, 1.54) is 0 Å². The van der Waals surface area contributed by atoms with Crippen molar-refractivity contribution in [2.75, 3.05) is 6.54 Å². The Morgan fingerprint density at radius 1 is 1.07 bits per heavy atom. The number of para-hydroxylation sites is 1. The van der Waals surface area contributed by atoms with E-state index in [2.05, 4.69) is 19.9 Å². The highest BCUT2D eigenvalue weighted by Crippen LogP contribution is 2.23. The number of halogens is 1. The summed E-state index contributed by atoms with van der Waals surface area (Å²) in [5.41, 5.74) is 3.83. The van der Waals surface area contributed by atoms with Gasteiger partial charge in [-0.1, -0.05) is 41.9 Å². The molecule has 6 heteroatoms. The molecule has 29 heavy (non-hydrogen) atoms. The van der Waals surface area contributed by atoms with E-state index < -0.39 is 0 Å². The maximum Gasteiger partial charge on any atom is 0.253 e. The fourth-order valence-electron chi connectivity index (χ4n) is 3.28. The molecular weight excluding hydrogens is 384 g/mol. The summed E-state index contributed by atoms with van der Waals surface area (Å²) in [6.45, 7) is 3.10. The van der Waals surface area contributed by atoms with Gasteiger partial charge in [-0.25, -0.2) is 9.97 Å². The van der Waals surface area contributed by atoms with Gasteiger partial charge in [0.15, 0.2) is 0 Å². The summed E-state index contributed by atoms with van der Waals surface area (Å²) in [5, 5.41) is 4.64. The molecule has 5 nitrogen and oxygen atoms in total. The van der Waals surface area contributed by atoms with E-state index in [4.69, 9.17) is 11.6 Å². The zero-order chi connectivity index (χ0) is 20.2. The van der Waals surface area contributed by atoms with Gasteiger partial charge < -0.3 is 9.88 Å². The lowest BCUT2D eigenvalue weighted by atomic mass is 10.1. The molecule has 4 rings (SSSR count). The van der Waals surface area contributed by atoms with Gasteiger partial charge in [0.05, 0.1) is 5.56 Å². The summed E-state index contributed by atoms with van der Waals surface area (Å²) in [5.74, 6) is 0.629. The van der Waals surface area contributed by atoms with Crippen molar-refractivity contribution in [1.29, 1.82) is 0 Å². The van der Waals surface area contributed by atoms with Crippen molar-refractivity contribution in [2.24, 2.45) is 0 Å². The molecule has 0 saturated carbocycles. The van der Waals surface area contributed by atoms with Gasteiger partial charge in [-0.2, -0.15) is 0 Å². The van der Waals surface area contributed by atoms with Crippen LogP contribution < -0.4 is 5.32 Å². The quantitative estimate of drug-likeness (QED) is 0.517. The van der Waals surface area contributed by atoms with E-state index in [1.54, 1.807) is 12.4 Å². The fourth-order valence-corrected chi connectivity index (χ4v) is 3.40. The van der Waals surface area contributed by atoms with Crippen LogP contribution in [0.15, 0.2) is 67.1 Å². The van der Waals surface area contributed by atoms with Gasteiger partial charge in [0.1, 0.15) is 5.82 Å². The molecule has 0 bridgehead atoms. The minimum atomic E-state index is -0.0943. The number of hydrogen-bond donors (Lipinski definition) is 1. The number of amides is 1. The third-order valence-corrected chi connectivity index (χ3v) is 5.02.